The zero-order chi connectivity index (χ0) is 19.9. The molecule has 1 aromatic carbocycles. The summed E-state index contributed by atoms with van der Waals surface area (Å²) in [6, 6.07) is 7.09. The number of aliphatic imine (C=N–C) groups is 1. The van der Waals surface area contributed by atoms with E-state index in [0.717, 1.165) is 37.9 Å². The molecule has 3 N–H and O–H groups in total. The number of carbonyl (C=O) groups excluding carboxylic acids is 2. The van der Waals surface area contributed by atoms with Crippen molar-refractivity contribution in [2.75, 3.05) is 18.0 Å². The van der Waals surface area contributed by atoms with Crippen molar-refractivity contribution < 1.29 is 9.59 Å². The highest BCUT2D eigenvalue weighted by atomic mass is 127. The van der Waals surface area contributed by atoms with Gasteiger partial charge in [-0.05, 0) is 62.1 Å². The van der Waals surface area contributed by atoms with E-state index in [-0.39, 0.29) is 41.8 Å². The van der Waals surface area contributed by atoms with Gasteiger partial charge in [0.25, 0.3) is 5.91 Å². The Morgan fingerprint density at radius 1 is 1.31 bits per heavy atom. The molecular formula is C21H30IN5O2. The number of nitrogens with one attached hydrogen (secondary N) is 1. The van der Waals surface area contributed by atoms with Crippen LogP contribution < -0.4 is 16.0 Å². The maximum absolute atomic E-state index is 12.9. The van der Waals surface area contributed by atoms with Crippen molar-refractivity contribution in [3.8, 4) is 0 Å². The molecule has 4 rings (SSSR count). The standard InChI is InChI=1S/C21H29N5O2.HI/c1-14-5-4-10-25(13-14)19(22)23-12-15-6-3-7-17(11-15)26-18(27)21(2,16-8-9-16)24-20(26)28;/h3,6-7,11,14,16H,4-5,8-10,12-13H2,1-2H3,(H2,22,23)(H,24,28);1H. The molecule has 0 bridgehead atoms. The largest absolute Gasteiger partial charge is 0.370 e. The first-order valence-electron chi connectivity index (χ1n) is 10.2. The van der Waals surface area contributed by atoms with Gasteiger partial charge in [0.15, 0.2) is 5.96 Å². The zero-order valence-electron chi connectivity index (χ0n) is 17.1. The van der Waals surface area contributed by atoms with Crippen LogP contribution in [-0.4, -0.2) is 41.4 Å². The van der Waals surface area contributed by atoms with Crippen molar-refractivity contribution in [1.82, 2.24) is 10.2 Å². The summed E-state index contributed by atoms with van der Waals surface area (Å²) in [6.07, 6.45) is 4.34. The third-order valence-corrected chi connectivity index (χ3v) is 6.18. The van der Waals surface area contributed by atoms with Crippen LogP contribution >= 0.6 is 24.0 Å². The second kappa shape index (κ2) is 8.49. The van der Waals surface area contributed by atoms with Gasteiger partial charge in [0, 0.05) is 13.1 Å². The minimum atomic E-state index is -0.777. The van der Waals surface area contributed by atoms with Crippen LogP contribution in [0.5, 0.6) is 0 Å². The maximum atomic E-state index is 12.9. The molecule has 3 fully saturated rings. The van der Waals surface area contributed by atoms with Crippen LogP contribution in [0.25, 0.3) is 0 Å². The fourth-order valence-electron chi connectivity index (χ4n) is 4.29. The van der Waals surface area contributed by atoms with E-state index in [0.29, 0.717) is 24.1 Å². The third-order valence-electron chi connectivity index (χ3n) is 6.18. The molecule has 2 unspecified atom stereocenters. The molecule has 3 aliphatic rings. The van der Waals surface area contributed by atoms with Gasteiger partial charge in [-0.2, -0.15) is 0 Å². The Bertz CT molecular complexity index is 825. The van der Waals surface area contributed by atoms with Gasteiger partial charge in [-0.3, -0.25) is 4.79 Å². The zero-order valence-corrected chi connectivity index (χ0v) is 19.4. The van der Waals surface area contributed by atoms with Gasteiger partial charge in [-0.25, -0.2) is 14.7 Å². The van der Waals surface area contributed by atoms with E-state index < -0.39 is 5.54 Å². The van der Waals surface area contributed by atoms with E-state index in [4.69, 9.17) is 5.73 Å². The van der Waals surface area contributed by atoms with Gasteiger partial charge in [0.05, 0.1) is 12.2 Å². The number of nitrogens with zero attached hydrogens (tertiary/aromatic N) is 3. The number of hydrogen-bond donors (Lipinski definition) is 2. The summed E-state index contributed by atoms with van der Waals surface area (Å²) in [5.74, 6) is 1.27. The van der Waals surface area contributed by atoms with Gasteiger partial charge >= 0.3 is 6.03 Å². The van der Waals surface area contributed by atoms with Crippen molar-refractivity contribution in [3.05, 3.63) is 29.8 Å². The molecule has 1 aromatic rings. The molecule has 1 saturated carbocycles. The number of imide groups is 1. The van der Waals surface area contributed by atoms with E-state index in [9.17, 15) is 9.59 Å². The number of hydrogen-bond acceptors (Lipinski definition) is 3. The third kappa shape index (κ3) is 4.36. The SMILES string of the molecule is CC1CCCN(C(N)=NCc2cccc(N3C(=O)NC(C)(C4CC4)C3=O)c2)C1.I. The Hall–Kier alpha value is -1.84. The van der Waals surface area contributed by atoms with E-state index >= 15 is 0 Å². The maximum Gasteiger partial charge on any atom is 0.329 e. The van der Waals surface area contributed by atoms with Gasteiger partial charge < -0.3 is 16.0 Å². The minimum absolute atomic E-state index is 0. The highest BCUT2D eigenvalue weighted by molar-refractivity contribution is 14.0. The van der Waals surface area contributed by atoms with Crippen molar-refractivity contribution in [3.63, 3.8) is 0 Å². The Morgan fingerprint density at radius 2 is 2.07 bits per heavy atom. The average molecular weight is 511 g/mol. The van der Waals surface area contributed by atoms with Crippen molar-refractivity contribution in [2.24, 2.45) is 22.6 Å². The number of carbonyl (C=O) groups is 2. The van der Waals surface area contributed by atoms with E-state index in [1.54, 1.807) is 6.07 Å². The van der Waals surface area contributed by atoms with E-state index in [2.05, 4.69) is 22.1 Å². The first-order chi connectivity index (χ1) is 13.4. The average Bonchev–Trinajstić information content (AvgIpc) is 3.49. The normalized spacial score (nSPS) is 27.7. The first-order valence-corrected chi connectivity index (χ1v) is 10.2. The lowest BCUT2D eigenvalue weighted by molar-refractivity contribution is -0.122. The van der Waals surface area contributed by atoms with Crippen molar-refractivity contribution >= 4 is 47.6 Å². The molecular weight excluding hydrogens is 481 g/mol. The highest BCUT2D eigenvalue weighted by Crippen LogP contribution is 2.43. The minimum Gasteiger partial charge on any atom is -0.370 e. The summed E-state index contributed by atoms with van der Waals surface area (Å²) in [5, 5.41) is 2.89. The molecule has 0 spiro atoms. The van der Waals surface area contributed by atoms with Crippen LogP contribution in [0.3, 0.4) is 0 Å². The number of guanidine groups is 1. The molecule has 2 heterocycles. The summed E-state index contributed by atoms with van der Waals surface area (Å²) in [4.78, 5) is 33.4. The second-order valence-electron chi connectivity index (χ2n) is 8.59. The molecule has 2 aliphatic heterocycles. The molecule has 29 heavy (non-hydrogen) atoms. The Labute approximate surface area is 189 Å². The van der Waals surface area contributed by atoms with Gasteiger partial charge in [-0.1, -0.05) is 19.1 Å². The molecule has 2 atom stereocenters. The second-order valence-corrected chi connectivity index (χ2v) is 8.59. The number of piperidine rings is 1. The van der Waals surface area contributed by atoms with Crippen LogP contribution in [0.1, 0.15) is 45.1 Å². The van der Waals surface area contributed by atoms with E-state index in [1.807, 2.05) is 25.1 Å². The number of rotatable bonds is 4. The number of amides is 3. The van der Waals surface area contributed by atoms with Gasteiger partial charge in [0.1, 0.15) is 5.54 Å². The number of anilines is 1. The molecule has 1 aliphatic carbocycles. The Kier molecular flexibility index (Phi) is 6.40. The number of benzene rings is 1. The smallest absolute Gasteiger partial charge is 0.329 e. The van der Waals surface area contributed by atoms with Gasteiger partial charge in [-0.15, -0.1) is 24.0 Å². The summed E-state index contributed by atoms with van der Waals surface area (Å²) in [6.45, 7) is 6.38. The molecule has 3 amide bonds. The molecule has 158 valence electrons. The summed E-state index contributed by atoms with van der Waals surface area (Å²) < 4.78 is 0. The van der Waals surface area contributed by atoms with Crippen molar-refractivity contribution in [2.45, 2.75) is 51.6 Å². The number of likely N-dealkylation sites (tertiary alicyclic amines) is 1. The quantitative estimate of drug-likeness (QED) is 0.282. The number of halogens is 1. The topological polar surface area (TPSA) is 91.0 Å². The molecule has 0 aromatic heterocycles. The fourth-order valence-corrected chi connectivity index (χ4v) is 4.29. The van der Waals surface area contributed by atoms with Crippen LogP contribution in [0, 0.1) is 11.8 Å². The van der Waals surface area contributed by atoms with Gasteiger partial charge in [0.2, 0.25) is 0 Å². The number of urea groups is 1. The lowest BCUT2D eigenvalue weighted by atomic mass is 9.96. The highest BCUT2D eigenvalue weighted by Gasteiger charge is 2.56. The van der Waals surface area contributed by atoms with Crippen molar-refractivity contribution in [1.29, 1.82) is 0 Å². The molecule has 8 heteroatoms. The lowest BCUT2D eigenvalue weighted by Crippen LogP contribution is -2.46. The molecule has 0 radical (unpaired) electrons. The van der Waals surface area contributed by atoms with Crippen LogP contribution in [-0.2, 0) is 11.3 Å². The Morgan fingerprint density at radius 3 is 2.76 bits per heavy atom. The van der Waals surface area contributed by atoms with E-state index in [1.165, 1.54) is 11.3 Å². The summed E-state index contributed by atoms with van der Waals surface area (Å²) >= 11 is 0. The summed E-state index contributed by atoms with van der Waals surface area (Å²) in [5.41, 5.74) is 6.92. The Balaban J connectivity index is 0.00000240. The predicted molar refractivity (Wildman–Crippen MR) is 124 cm³/mol. The van der Waals surface area contributed by atoms with Crippen LogP contribution in [0.15, 0.2) is 29.3 Å². The number of nitrogens with two attached hydrogens (primary N) is 1. The lowest BCUT2D eigenvalue weighted by Gasteiger charge is -2.31. The monoisotopic (exact) mass is 511 g/mol. The first kappa shape index (κ1) is 21.9. The van der Waals surface area contributed by atoms with Crippen LogP contribution in [0.4, 0.5) is 10.5 Å². The predicted octanol–water partition coefficient (Wildman–Crippen LogP) is 3.08. The summed E-state index contributed by atoms with van der Waals surface area (Å²) in [7, 11) is 0. The van der Waals surface area contributed by atoms with Crippen LogP contribution in [0.2, 0.25) is 0 Å². The molecule has 7 nitrogen and oxygen atoms in total. The fraction of sp³-hybridized carbons (Fsp3) is 0.571. The molecule has 2 saturated heterocycles.